The predicted octanol–water partition coefficient (Wildman–Crippen LogP) is 7.05. The molecule has 0 unspecified atom stereocenters. The average Bonchev–Trinajstić information content (AvgIpc) is 2.62. The summed E-state index contributed by atoms with van der Waals surface area (Å²) in [5, 5.41) is 0. The zero-order valence-corrected chi connectivity index (χ0v) is 15.2. The standard InChI is InChI=1S/C24H26/c1-17(2)19-8-5-10-21(14-19)23-12-7-13-24(16-23)22-11-6-9-20(15-22)18(3)4/h5-13,16H,14-15H2,1-4H3. The van der Waals surface area contributed by atoms with E-state index in [9.17, 15) is 0 Å². The van der Waals surface area contributed by atoms with Crippen molar-refractivity contribution >= 4 is 11.1 Å². The van der Waals surface area contributed by atoms with Gasteiger partial charge in [0.1, 0.15) is 0 Å². The summed E-state index contributed by atoms with van der Waals surface area (Å²) in [4.78, 5) is 0. The van der Waals surface area contributed by atoms with Crippen LogP contribution in [0.1, 0.15) is 51.7 Å². The van der Waals surface area contributed by atoms with Crippen LogP contribution in [-0.2, 0) is 0 Å². The second kappa shape index (κ2) is 7.05. The molecule has 1 aromatic rings. The molecule has 0 heterocycles. The van der Waals surface area contributed by atoms with Crippen molar-refractivity contribution in [3.8, 4) is 0 Å². The Hall–Kier alpha value is -2.34. The lowest BCUT2D eigenvalue weighted by Gasteiger charge is -2.17. The van der Waals surface area contributed by atoms with E-state index >= 15 is 0 Å². The highest BCUT2D eigenvalue weighted by Gasteiger charge is 2.12. The molecule has 3 rings (SSSR count). The van der Waals surface area contributed by atoms with E-state index in [4.69, 9.17) is 0 Å². The van der Waals surface area contributed by atoms with E-state index < -0.39 is 0 Å². The lowest BCUT2D eigenvalue weighted by molar-refractivity contribution is 1.18. The van der Waals surface area contributed by atoms with Crippen LogP contribution in [-0.4, -0.2) is 0 Å². The van der Waals surface area contributed by atoms with Gasteiger partial charge in [0.15, 0.2) is 0 Å². The molecular weight excluding hydrogens is 288 g/mol. The Kier molecular flexibility index (Phi) is 4.85. The number of rotatable bonds is 2. The van der Waals surface area contributed by atoms with Gasteiger partial charge in [-0.15, -0.1) is 0 Å². The van der Waals surface area contributed by atoms with Crippen LogP contribution in [0.15, 0.2) is 83.0 Å². The molecule has 2 aliphatic carbocycles. The largest absolute Gasteiger partial charge is 0.0729 e. The molecule has 0 N–H and O–H groups in total. The first-order valence-corrected chi connectivity index (χ1v) is 8.72. The molecule has 0 atom stereocenters. The Balaban J connectivity index is 1.91. The molecule has 0 nitrogen and oxygen atoms in total. The van der Waals surface area contributed by atoms with Crippen molar-refractivity contribution in [3.05, 3.63) is 94.1 Å². The van der Waals surface area contributed by atoms with E-state index in [1.54, 1.807) is 0 Å². The lowest BCUT2D eigenvalue weighted by atomic mass is 9.88. The van der Waals surface area contributed by atoms with Gasteiger partial charge in [-0.25, -0.2) is 0 Å². The van der Waals surface area contributed by atoms with E-state index in [0.717, 1.165) is 12.8 Å². The first kappa shape index (κ1) is 16.5. The van der Waals surface area contributed by atoms with Crippen LogP contribution >= 0.6 is 0 Å². The molecule has 0 aromatic heterocycles. The van der Waals surface area contributed by atoms with Crippen molar-refractivity contribution in [2.45, 2.75) is 40.5 Å². The highest BCUT2D eigenvalue weighted by molar-refractivity contribution is 5.77. The molecule has 0 spiro atoms. The minimum absolute atomic E-state index is 1.03. The normalized spacial score (nSPS) is 16.8. The van der Waals surface area contributed by atoms with Gasteiger partial charge >= 0.3 is 0 Å². The topological polar surface area (TPSA) is 0 Å². The predicted molar refractivity (Wildman–Crippen MR) is 107 cm³/mol. The minimum atomic E-state index is 1.03. The fourth-order valence-electron chi connectivity index (χ4n) is 3.21. The van der Waals surface area contributed by atoms with Crippen LogP contribution < -0.4 is 0 Å². The smallest absolute Gasteiger partial charge is 0.00205 e. The van der Waals surface area contributed by atoms with E-state index in [1.807, 2.05) is 0 Å². The van der Waals surface area contributed by atoms with Crippen LogP contribution in [0.3, 0.4) is 0 Å². The summed E-state index contributed by atoms with van der Waals surface area (Å²) in [6.07, 6.45) is 15.4. The summed E-state index contributed by atoms with van der Waals surface area (Å²) in [5.74, 6) is 0. The molecule has 0 aliphatic heterocycles. The summed E-state index contributed by atoms with van der Waals surface area (Å²) in [5.41, 5.74) is 11.2. The number of allylic oxidation sites excluding steroid dienone is 12. The molecule has 1 aromatic carbocycles. The minimum Gasteiger partial charge on any atom is -0.0729 e. The summed E-state index contributed by atoms with van der Waals surface area (Å²) < 4.78 is 0. The van der Waals surface area contributed by atoms with Crippen molar-refractivity contribution in [2.24, 2.45) is 0 Å². The second-order valence-electron chi connectivity index (χ2n) is 7.09. The van der Waals surface area contributed by atoms with Crippen molar-refractivity contribution in [3.63, 3.8) is 0 Å². The first-order chi connectivity index (χ1) is 11.5. The van der Waals surface area contributed by atoms with Crippen LogP contribution in [0.5, 0.6) is 0 Å². The third-order valence-electron chi connectivity index (χ3n) is 4.84. The molecule has 2 aliphatic rings. The Bertz CT molecular complexity index is 757. The molecule has 0 amide bonds. The molecule has 0 saturated heterocycles. The monoisotopic (exact) mass is 314 g/mol. The molecule has 0 fully saturated rings. The molecular formula is C24H26. The quantitative estimate of drug-likeness (QED) is 0.549. The van der Waals surface area contributed by atoms with Gasteiger partial charge in [0, 0.05) is 0 Å². The lowest BCUT2D eigenvalue weighted by Crippen LogP contribution is -1.96. The Labute approximate surface area is 146 Å². The summed E-state index contributed by atoms with van der Waals surface area (Å²) in [6.45, 7) is 8.77. The SMILES string of the molecule is CC(C)=C1C=CC=C(c2cccc(C3=CC=CC(=C(C)C)C3)c2)C1. The van der Waals surface area contributed by atoms with Gasteiger partial charge < -0.3 is 0 Å². The van der Waals surface area contributed by atoms with Gasteiger partial charge in [-0.3, -0.25) is 0 Å². The van der Waals surface area contributed by atoms with Crippen LogP contribution in [0.25, 0.3) is 11.1 Å². The van der Waals surface area contributed by atoms with Crippen LogP contribution in [0.2, 0.25) is 0 Å². The fraction of sp³-hybridized carbons (Fsp3) is 0.250. The maximum Gasteiger partial charge on any atom is -0.00205 e. The Morgan fingerprint density at radius 1 is 0.708 bits per heavy atom. The molecule has 122 valence electrons. The number of hydrogen-bond acceptors (Lipinski definition) is 0. The fourth-order valence-corrected chi connectivity index (χ4v) is 3.21. The Morgan fingerprint density at radius 2 is 1.17 bits per heavy atom. The van der Waals surface area contributed by atoms with Gasteiger partial charge in [0.25, 0.3) is 0 Å². The zero-order chi connectivity index (χ0) is 17.1. The summed E-state index contributed by atoms with van der Waals surface area (Å²) >= 11 is 0. The highest BCUT2D eigenvalue weighted by Crippen LogP contribution is 2.33. The summed E-state index contributed by atoms with van der Waals surface area (Å²) in [7, 11) is 0. The van der Waals surface area contributed by atoms with Gasteiger partial charge in [-0.05, 0) is 80.0 Å². The average molecular weight is 314 g/mol. The van der Waals surface area contributed by atoms with Gasteiger partial charge in [-0.1, -0.05) is 65.8 Å². The maximum atomic E-state index is 2.35. The van der Waals surface area contributed by atoms with Gasteiger partial charge in [0.2, 0.25) is 0 Å². The Morgan fingerprint density at radius 3 is 1.58 bits per heavy atom. The van der Waals surface area contributed by atoms with Gasteiger partial charge in [-0.2, -0.15) is 0 Å². The zero-order valence-electron chi connectivity index (χ0n) is 15.2. The van der Waals surface area contributed by atoms with Crippen molar-refractivity contribution in [1.82, 2.24) is 0 Å². The highest BCUT2D eigenvalue weighted by atomic mass is 14.2. The summed E-state index contributed by atoms with van der Waals surface area (Å²) in [6, 6.07) is 9.00. The van der Waals surface area contributed by atoms with Crippen molar-refractivity contribution in [1.29, 1.82) is 0 Å². The second-order valence-corrected chi connectivity index (χ2v) is 7.09. The van der Waals surface area contributed by atoms with E-state index in [-0.39, 0.29) is 0 Å². The molecule has 24 heavy (non-hydrogen) atoms. The number of hydrogen-bond donors (Lipinski definition) is 0. The molecule has 0 bridgehead atoms. The van der Waals surface area contributed by atoms with Crippen LogP contribution in [0, 0.1) is 0 Å². The van der Waals surface area contributed by atoms with Gasteiger partial charge in [0.05, 0.1) is 0 Å². The maximum absolute atomic E-state index is 2.35. The van der Waals surface area contributed by atoms with E-state index in [0.29, 0.717) is 0 Å². The first-order valence-electron chi connectivity index (χ1n) is 8.72. The third-order valence-corrected chi connectivity index (χ3v) is 4.84. The van der Waals surface area contributed by atoms with E-state index in [1.165, 1.54) is 44.6 Å². The molecule has 0 saturated carbocycles. The van der Waals surface area contributed by atoms with E-state index in [2.05, 4.69) is 88.4 Å². The number of benzene rings is 1. The molecule has 0 heteroatoms. The third kappa shape index (κ3) is 3.59. The van der Waals surface area contributed by atoms with Crippen molar-refractivity contribution in [2.75, 3.05) is 0 Å². The molecule has 0 radical (unpaired) electrons. The van der Waals surface area contributed by atoms with Crippen molar-refractivity contribution < 1.29 is 0 Å². The van der Waals surface area contributed by atoms with Crippen LogP contribution in [0.4, 0.5) is 0 Å².